The molecule has 0 saturated carbocycles. The highest BCUT2D eigenvalue weighted by atomic mass is 32.2. The van der Waals surface area contributed by atoms with Crippen LogP contribution in [0.3, 0.4) is 0 Å². The monoisotopic (exact) mass is 270 g/mol. The van der Waals surface area contributed by atoms with Crippen LogP contribution in [0.5, 0.6) is 11.5 Å². The molecule has 18 heavy (non-hydrogen) atoms. The van der Waals surface area contributed by atoms with Gasteiger partial charge in [-0.1, -0.05) is 18.7 Å². The Labute approximate surface area is 111 Å². The van der Waals surface area contributed by atoms with Crippen molar-refractivity contribution in [2.75, 3.05) is 31.8 Å². The highest BCUT2D eigenvalue weighted by Gasteiger charge is 2.27. The second kappa shape index (κ2) is 5.58. The van der Waals surface area contributed by atoms with E-state index in [0.717, 1.165) is 11.3 Å². The molecule has 1 aromatic rings. The molecule has 1 heterocycles. The van der Waals surface area contributed by atoms with Gasteiger partial charge in [0.1, 0.15) is 17.8 Å². The number of anilines is 2. The molecule has 0 aliphatic carbocycles. The van der Waals surface area contributed by atoms with Crippen LogP contribution >= 0.6 is 11.8 Å². The number of nitrogens with two attached hydrogens (primary N) is 2. The fraction of sp³-hybridized carbons (Fsp3) is 0.500. The molecule has 2 rings (SSSR count). The molecule has 0 fully saturated rings. The summed E-state index contributed by atoms with van der Waals surface area (Å²) in [5.74, 6) is 1.20. The van der Waals surface area contributed by atoms with Crippen molar-refractivity contribution in [1.29, 1.82) is 0 Å². The summed E-state index contributed by atoms with van der Waals surface area (Å²) in [7, 11) is 1.57. The predicted molar refractivity (Wildman–Crippen MR) is 73.2 cm³/mol. The van der Waals surface area contributed by atoms with Crippen molar-refractivity contribution >= 4 is 23.1 Å². The Kier molecular flexibility index (Phi) is 4.08. The highest BCUT2D eigenvalue weighted by molar-refractivity contribution is 8.00. The van der Waals surface area contributed by atoms with Crippen molar-refractivity contribution in [2.45, 2.75) is 23.7 Å². The lowest BCUT2D eigenvalue weighted by atomic mass is 10.2. The second-order valence-corrected chi connectivity index (χ2v) is 5.14. The Morgan fingerprint density at radius 1 is 1.50 bits per heavy atom. The molecule has 0 bridgehead atoms. The first-order valence-corrected chi connectivity index (χ1v) is 6.72. The van der Waals surface area contributed by atoms with Gasteiger partial charge < -0.3 is 25.7 Å². The van der Waals surface area contributed by atoms with Crippen LogP contribution < -0.4 is 20.9 Å². The van der Waals surface area contributed by atoms with Crippen molar-refractivity contribution in [3.63, 3.8) is 0 Å². The number of fused-ring (bicyclic) bond motifs is 1. The van der Waals surface area contributed by atoms with Gasteiger partial charge in [0.05, 0.1) is 23.4 Å². The molecule has 1 atom stereocenters. The van der Waals surface area contributed by atoms with Crippen molar-refractivity contribution in [1.82, 2.24) is 0 Å². The van der Waals surface area contributed by atoms with Crippen LogP contribution in [0.4, 0.5) is 11.4 Å². The summed E-state index contributed by atoms with van der Waals surface area (Å²) in [5, 5.41) is 0. The molecule has 0 amide bonds. The average Bonchev–Trinajstić information content (AvgIpc) is 2.40. The standard InChI is InChI=1S/C12H18N2O3S/c1-3-4-16-9-6-17-11-7(13)5-8(15-2)10(14)12(11)18-9/h5,9H,3-4,6,13-14H2,1-2H3. The Bertz CT molecular complexity index is 440. The molecule has 4 N–H and O–H groups in total. The van der Waals surface area contributed by atoms with Crippen molar-refractivity contribution < 1.29 is 14.2 Å². The van der Waals surface area contributed by atoms with Crippen LogP contribution in [0.25, 0.3) is 0 Å². The summed E-state index contributed by atoms with van der Waals surface area (Å²) < 4.78 is 16.5. The summed E-state index contributed by atoms with van der Waals surface area (Å²) in [5.41, 5.74) is 13.0. The molecule has 1 aliphatic rings. The molecular weight excluding hydrogens is 252 g/mol. The topological polar surface area (TPSA) is 79.7 Å². The van der Waals surface area contributed by atoms with Gasteiger partial charge in [-0.2, -0.15) is 0 Å². The van der Waals surface area contributed by atoms with E-state index >= 15 is 0 Å². The lowest BCUT2D eigenvalue weighted by Crippen LogP contribution is -2.23. The molecule has 0 saturated heterocycles. The first-order chi connectivity index (χ1) is 8.67. The Morgan fingerprint density at radius 3 is 2.94 bits per heavy atom. The number of benzene rings is 1. The molecule has 0 spiro atoms. The molecule has 100 valence electrons. The number of hydrogen-bond acceptors (Lipinski definition) is 6. The first-order valence-electron chi connectivity index (χ1n) is 5.84. The third-order valence-electron chi connectivity index (χ3n) is 2.61. The third kappa shape index (κ3) is 2.44. The summed E-state index contributed by atoms with van der Waals surface area (Å²) in [4.78, 5) is 0.805. The van der Waals surface area contributed by atoms with Crippen LogP contribution in [0.15, 0.2) is 11.0 Å². The summed E-state index contributed by atoms with van der Waals surface area (Å²) >= 11 is 1.54. The van der Waals surface area contributed by atoms with Gasteiger partial charge in [-0.25, -0.2) is 0 Å². The van der Waals surface area contributed by atoms with E-state index in [0.29, 0.717) is 36.1 Å². The lowest BCUT2D eigenvalue weighted by Gasteiger charge is -2.27. The van der Waals surface area contributed by atoms with Gasteiger partial charge in [-0.3, -0.25) is 0 Å². The van der Waals surface area contributed by atoms with Gasteiger partial charge in [-0.15, -0.1) is 0 Å². The minimum Gasteiger partial charge on any atom is -0.494 e. The summed E-state index contributed by atoms with van der Waals surface area (Å²) in [6.45, 7) is 3.25. The number of thioether (sulfide) groups is 1. The zero-order valence-electron chi connectivity index (χ0n) is 10.6. The molecule has 0 aromatic heterocycles. The van der Waals surface area contributed by atoms with Crippen molar-refractivity contribution in [3.8, 4) is 11.5 Å². The van der Waals surface area contributed by atoms with Crippen LogP contribution in [-0.4, -0.2) is 25.8 Å². The van der Waals surface area contributed by atoms with Gasteiger partial charge in [0.15, 0.2) is 5.75 Å². The lowest BCUT2D eigenvalue weighted by molar-refractivity contribution is 0.0723. The molecule has 1 aromatic carbocycles. The van der Waals surface area contributed by atoms with Crippen molar-refractivity contribution in [3.05, 3.63) is 6.07 Å². The van der Waals surface area contributed by atoms with Gasteiger partial charge >= 0.3 is 0 Å². The van der Waals surface area contributed by atoms with E-state index in [-0.39, 0.29) is 5.44 Å². The van der Waals surface area contributed by atoms with E-state index < -0.39 is 0 Å². The first kappa shape index (κ1) is 13.2. The van der Waals surface area contributed by atoms with Gasteiger partial charge in [-0.05, 0) is 6.42 Å². The molecular formula is C12H18N2O3S. The Hall–Kier alpha value is -1.27. The van der Waals surface area contributed by atoms with Gasteiger partial charge in [0.2, 0.25) is 0 Å². The van der Waals surface area contributed by atoms with Crippen LogP contribution in [0.1, 0.15) is 13.3 Å². The van der Waals surface area contributed by atoms with E-state index in [4.69, 9.17) is 25.7 Å². The van der Waals surface area contributed by atoms with Crippen LogP contribution in [0.2, 0.25) is 0 Å². The van der Waals surface area contributed by atoms with E-state index in [1.54, 1.807) is 13.2 Å². The number of hydrogen-bond donors (Lipinski definition) is 2. The number of rotatable bonds is 4. The maximum Gasteiger partial charge on any atom is 0.158 e. The number of nitrogen functional groups attached to an aromatic ring is 2. The minimum absolute atomic E-state index is 0.0498. The van der Waals surface area contributed by atoms with E-state index in [9.17, 15) is 0 Å². The SMILES string of the molecule is CCCOC1COc2c(N)cc(OC)c(N)c2S1. The van der Waals surface area contributed by atoms with Crippen LogP contribution in [0, 0.1) is 0 Å². The Balaban J connectivity index is 2.27. The number of ether oxygens (including phenoxy) is 3. The van der Waals surface area contributed by atoms with Crippen LogP contribution in [-0.2, 0) is 4.74 Å². The largest absolute Gasteiger partial charge is 0.494 e. The van der Waals surface area contributed by atoms with Gasteiger partial charge in [0.25, 0.3) is 0 Å². The zero-order valence-corrected chi connectivity index (χ0v) is 11.4. The number of methoxy groups -OCH3 is 1. The molecule has 6 heteroatoms. The maximum atomic E-state index is 6.04. The maximum absolute atomic E-state index is 6.04. The van der Waals surface area contributed by atoms with E-state index in [2.05, 4.69) is 6.92 Å². The van der Waals surface area contributed by atoms with Gasteiger partial charge in [0, 0.05) is 12.7 Å². The molecule has 0 radical (unpaired) electrons. The summed E-state index contributed by atoms with van der Waals surface area (Å²) in [6.07, 6.45) is 0.972. The smallest absolute Gasteiger partial charge is 0.158 e. The highest BCUT2D eigenvalue weighted by Crippen LogP contribution is 2.48. The zero-order chi connectivity index (χ0) is 13.1. The fourth-order valence-corrected chi connectivity index (χ4v) is 2.81. The normalized spacial score (nSPS) is 18.0. The third-order valence-corrected chi connectivity index (χ3v) is 3.78. The van der Waals surface area contributed by atoms with E-state index in [1.165, 1.54) is 11.8 Å². The average molecular weight is 270 g/mol. The minimum atomic E-state index is -0.0498. The Morgan fingerprint density at radius 2 is 2.28 bits per heavy atom. The molecule has 1 unspecified atom stereocenters. The fourth-order valence-electron chi connectivity index (χ4n) is 1.73. The summed E-state index contributed by atoms with van der Waals surface area (Å²) in [6, 6.07) is 1.68. The molecule has 5 nitrogen and oxygen atoms in total. The predicted octanol–water partition coefficient (Wildman–Crippen LogP) is 2.10. The second-order valence-electron chi connectivity index (χ2n) is 3.97. The van der Waals surface area contributed by atoms with E-state index in [1.807, 2.05) is 0 Å². The van der Waals surface area contributed by atoms with Crippen molar-refractivity contribution in [2.24, 2.45) is 0 Å². The molecule has 1 aliphatic heterocycles. The quantitative estimate of drug-likeness (QED) is 0.816.